The van der Waals surface area contributed by atoms with E-state index in [0.29, 0.717) is 43.2 Å². The van der Waals surface area contributed by atoms with E-state index in [2.05, 4.69) is 26.0 Å². The second-order valence-corrected chi connectivity index (χ2v) is 10.4. The number of anilines is 2. The average molecular weight is 442 g/mol. The van der Waals surface area contributed by atoms with Crippen molar-refractivity contribution in [2.45, 2.75) is 52.0 Å². The summed E-state index contributed by atoms with van der Waals surface area (Å²) in [5.74, 6) is 0.563. The highest BCUT2D eigenvalue weighted by Crippen LogP contribution is 2.41. The number of carbonyl (C=O) groups is 1. The van der Waals surface area contributed by atoms with Crippen LogP contribution in [0.4, 0.5) is 11.4 Å². The Labute approximate surface area is 185 Å². The van der Waals surface area contributed by atoms with Gasteiger partial charge in [0.25, 0.3) is 0 Å². The van der Waals surface area contributed by atoms with Crippen LogP contribution in [-0.2, 0) is 21.5 Å². The molecule has 0 atom stereocenters. The van der Waals surface area contributed by atoms with Crippen molar-refractivity contribution < 1.29 is 13.2 Å². The highest BCUT2D eigenvalue weighted by atomic mass is 32.2. The number of fused-ring (bicyclic) bond motifs is 1. The quantitative estimate of drug-likeness (QED) is 0.644. The fraction of sp³-hybridized carbons (Fsp3) is 0.458. The van der Waals surface area contributed by atoms with E-state index in [9.17, 15) is 13.2 Å². The third kappa shape index (κ3) is 4.42. The van der Waals surface area contributed by atoms with Crippen LogP contribution in [-0.4, -0.2) is 38.9 Å². The number of benzene rings is 2. The van der Waals surface area contributed by atoms with Crippen molar-refractivity contribution >= 4 is 27.5 Å². The predicted octanol–water partition coefficient (Wildman–Crippen LogP) is 4.28. The molecular weight excluding hydrogens is 410 g/mol. The summed E-state index contributed by atoms with van der Waals surface area (Å²) < 4.78 is 29.8. The Morgan fingerprint density at radius 2 is 1.55 bits per heavy atom. The highest BCUT2D eigenvalue weighted by Gasteiger charge is 2.39. The number of hydrogen-bond donors (Lipinski definition) is 0. The zero-order chi connectivity index (χ0) is 22.0. The van der Waals surface area contributed by atoms with Crippen LogP contribution < -0.4 is 8.61 Å². The summed E-state index contributed by atoms with van der Waals surface area (Å²) in [7, 11) is -3.69. The summed E-state index contributed by atoms with van der Waals surface area (Å²) in [6.45, 7) is 6.54. The topological polar surface area (TPSA) is 60.9 Å². The fourth-order valence-corrected chi connectivity index (χ4v) is 6.04. The van der Waals surface area contributed by atoms with Gasteiger partial charge in [0.2, 0.25) is 5.91 Å². The molecule has 2 aromatic rings. The third-order valence-corrected chi connectivity index (χ3v) is 7.98. The van der Waals surface area contributed by atoms with Gasteiger partial charge in [-0.3, -0.25) is 9.10 Å². The van der Waals surface area contributed by atoms with E-state index in [1.165, 1.54) is 14.2 Å². The Morgan fingerprint density at radius 3 is 2.16 bits per heavy atom. The first-order chi connectivity index (χ1) is 14.9. The fourth-order valence-electron chi connectivity index (χ4n) is 4.33. The van der Waals surface area contributed by atoms with Gasteiger partial charge in [0, 0.05) is 26.1 Å². The molecule has 0 saturated carbocycles. The van der Waals surface area contributed by atoms with Gasteiger partial charge in [0.15, 0.2) is 0 Å². The van der Waals surface area contributed by atoms with E-state index in [0.717, 1.165) is 31.5 Å². The van der Waals surface area contributed by atoms with E-state index in [1.54, 1.807) is 0 Å². The average Bonchev–Trinajstić information content (AvgIpc) is 3.36. The lowest BCUT2D eigenvalue weighted by molar-refractivity contribution is -0.130. The van der Waals surface area contributed by atoms with Crippen molar-refractivity contribution in [2.75, 3.05) is 28.2 Å². The molecule has 0 unspecified atom stereocenters. The molecule has 4 rings (SSSR count). The van der Waals surface area contributed by atoms with Crippen LogP contribution in [0.1, 0.15) is 56.6 Å². The number of carbonyl (C=O) groups excluding carboxylic acids is 1. The van der Waals surface area contributed by atoms with Crippen molar-refractivity contribution in [1.29, 1.82) is 0 Å². The summed E-state index contributed by atoms with van der Waals surface area (Å²) in [5, 5.41) is 0. The van der Waals surface area contributed by atoms with Gasteiger partial charge in [-0.15, -0.1) is 0 Å². The number of hydrogen-bond acceptors (Lipinski definition) is 3. The van der Waals surface area contributed by atoms with Crippen molar-refractivity contribution in [3.05, 3.63) is 59.7 Å². The lowest BCUT2D eigenvalue weighted by Gasteiger charge is -2.22. The number of likely N-dealkylation sites (tertiary alicyclic amines) is 1. The molecule has 0 N–H and O–H groups in total. The van der Waals surface area contributed by atoms with E-state index >= 15 is 0 Å². The SMILES string of the molecule is CC(C)c1ccc(CN2c3ccccc3N(CCCC(=O)N3CCCC3)S2(=O)=O)cc1. The summed E-state index contributed by atoms with van der Waals surface area (Å²) >= 11 is 0. The highest BCUT2D eigenvalue weighted by molar-refractivity contribution is 7.94. The lowest BCUT2D eigenvalue weighted by atomic mass is 10.0. The summed E-state index contributed by atoms with van der Waals surface area (Å²) in [6, 6.07) is 15.6. The van der Waals surface area contributed by atoms with E-state index in [1.807, 2.05) is 41.3 Å². The Hall–Kier alpha value is -2.54. The maximum atomic E-state index is 13.4. The molecule has 2 heterocycles. The second kappa shape index (κ2) is 8.91. The maximum Gasteiger partial charge on any atom is 0.326 e. The molecule has 0 aromatic heterocycles. The van der Waals surface area contributed by atoms with Crippen LogP contribution in [0.5, 0.6) is 0 Å². The Balaban J connectivity index is 1.49. The largest absolute Gasteiger partial charge is 0.343 e. The van der Waals surface area contributed by atoms with Crippen LogP contribution in [0, 0.1) is 0 Å². The third-order valence-electron chi connectivity index (χ3n) is 6.16. The summed E-state index contributed by atoms with van der Waals surface area (Å²) in [6.07, 6.45) is 3.02. The van der Waals surface area contributed by atoms with Gasteiger partial charge in [0.1, 0.15) is 0 Å². The molecule has 1 fully saturated rings. The van der Waals surface area contributed by atoms with Crippen molar-refractivity contribution in [3.8, 4) is 0 Å². The first-order valence-corrected chi connectivity index (χ1v) is 12.5. The monoisotopic (exact) mass is 441 g/mol. The zero-order valence-electron chi connectivity index (χ0n) is 18.3. The molecule has 2 aliphatic heterocycles. The van der Waals surface area contributed by atoms with Gasteiger partial charge in [0.05, 0.1) is 17.9 Å². The maximum absolute atomic E-state index is 13.4. The number of para-hydroxylation sites is 2. The van der Waals surface area contributed by atoms with Gasteiger partial charge in [-0.05, 0) is 48.4 Å². The minimum absolute atomic E-state index is 0.129. The number of amides is 1. The van der Waals surface area contributed by atoms with Gasteiger partial charge >= 0.3 is 10.2 Å². The van der Waals surface area contributed by atoms with Crippen LogP contribution >= 0.6 is 0 Å². The summed E-state index contributed by atoms with van der Waals surface area (Å²) in [5.41, 5.74) is 3.57. The van der Waals surface area contributed by atoms with Crippen molar-refractivity contribution in [1.82, 2.24) is 4.90 Å². The minimum Gasteiger partial charge on any atom is -0.343 e. The van der Waals surface area contributed by atoms with Crippen LogP contribution in [0.25, 0.3) is 0 Å². The molecule has 1 amide bonds. The van der Waals surface area contributed by atoms with E-state index < -0.39 is 10.2 Å². The molecule has 2 aromatic carbocycles. The first kappa shape index (κ1) is 21.7. The first-order valence-electron chi connectivity index (χ1n) is 11.1. The molecule has 31 heavy (non-hydrogen) atoms. The molecule has 7 heteroatoms. The van der Waals surface area contributed by atoms with Gasteiger partial charge < -0.3 is 4.90 Å². The number of rotatable bonds is 7. The van der Waals surface area contributed by atoms with Crippen molar-refractivity contribution in [3.63, 3.8) is 0 Å². The molecule has 0 aliphatic carbocycles. The van der Waals surface area contributed by atoms with Crippen LogP contribution in [0.15, 0.2) is 48.5 Å². The molecule has 0 radical (unpaired) electrons. The predicted molar refractivity (Wildman–Crippen MR) is 124 cm³/mol. The molecule has 0 bridgehead atoms. The lowest BCUT2D eigenvalue weighted by Crippen LogP contribution is -2.38. The molecular formula is C24H31N3O3S. The molecule has 1 saturated heterocycles. The van der Waals surface area contributed by atoms with Gasteiger partial charge in [-0.25, -0.2) is 4.31 Å². The Bertz CT molecular complexity index is 1030. The smallest absolute Gasteiger partial charge is 0.326 e. The molecule has 2 aliphatic rings. The molecule has 6 nitrogen and oxygen atoms in total. The van der Waals surface area contributed by atoms with Gasteiger partial charge in [-0.1, -0.05) is 50.2 Å². The number of nitrogens with zero attached hydrogens (tertiary/aromatic N) is 3. The molecule has 0 spiro atoms. The summed E-state index contributed by atoms with van der Waals surface area (Å²) in [4.78, 5) is 14.2. The van der Waals surface area contributed by atoms with Crippen LogP contribution in [0.3, 0.4) is 0 Å². The van der Waals surface area contributed by atoms with Crippen LogP contribution in [0.2, 0.25) is 0 Å². The molecule has 166 valence electrons. The second-order valence-electron chi connectivity index (χ2n) is 8.66. The van der Waals surface area contributed by atoms with E-state index in [-0.39, 0.29) is 5.91 Å². The Kier molecular flexibility index (Phi) is 6.23. The van der Waals surface area contributed by atoms with E-state index in [4.69, 9.17) is 0 Å². The minimum atomic E-state index is -3.69. The Morgan fingerprint density at radius 1 is 0.935 bits per heavy atom. The zero-order valence-corrected chi connectivity index (χ0v) is 19.1. The van der Waals surface area contributed by atoms with Gasteiger partial charge in [-0.2, -0.15) is 8.42 Å². The normalized spacial score (nSPS) is 17.5. The van der Waals surface area contributed by atoms with Crippen molar-refractivity contribution in [2.24, 2.45) is 0 Å². The standard InChI is InChI=1S/C24H31N3O3S/c1-19(2)21-13-11-20(12-14-21)18-27-23-9-4-3-8-22(23)26(31(27,29)30)17-7-10-24(28)25-15-5-6-16-25/h3-4,8-9,11-14,19H,5-7,10,15-18H2,1-2H3.